The number of hydrogen-bond donors (Lipinski definition) is 0. The maximum absolute atomic E-state index is 12.5. The summed E-state index contributed by atoms with van der Waals surface area (Å²) in [5.41, 5.74) is -2.01. The van der Waals surface area contributed by atoms with Gasteiger partial charge < -0.3 is 9.47 Å². The van der Waals surface area contributed by atoms with E-state index in [1.54, 1.807) is 0 Å². The molecule has 3 rings (SSSR count). The first kappa shape index (κ1) is 13.8. The molecule has 1 aromatic rings. The average molecular weight is 284 g/mol. The van der Waals surface area contributed by atoms with Crippen molar-refractivity contribution in [1.29, 1.82) is 5.26 Å². The van der Waals surface area contributed by atoms with E-state index in [0.29, 0.717) is 12.1 Å². The normalized spacial score (nSPS) is 32.4. The van der Waals surface area contributed by atoms with Gasteiger partial charge in [0.1, 0.15) is 0 Å². The van der Waals surface area contributed by atoms with Gasteiger partial charge in [-0.15, -0.1) is 0 Å². The molecule has 0 N–H and O–H groups in total. The van der Waals surface area contributed by atoms with Gasteiger partial charge in [0.25, 0.3) is 0 Å². The third kappa shape index (κ3) is 1.60. The summed E-state index contributed by atoms with van der Waals surface area (Å²) in [5.74, 6) is -0.566. The molecule has 2 aliphatic rings. The second-order valence-electron chi connectivity index (χ2n) is 6.01. The fourth-order valence-corrected chi connectivity index (χ4v) is 3.31. The van der Waals surface area contributed by atoms with E-state index in [1.165, 1.54) is 7.11 Å². The topological polar surface area (TPSA) is 71.7 Å². The fraction of sp³-hybridized carbons (Fsp3) is 0.438. The zero-order valence-electron chi connectivity index (χ0n) is 12.2. The van der Waals surface area contributed by atoms with Crippen LogP contribution in [0.1, 0.15) is 25.8 Å². The highest BCUT2D eigenvalue weighted by Crippen LogP contribution is 2.55. The molecule has 1 saturated heterocycles. The molecule has 2 atom stereocenters. The van der Waals surface area contributed by atoms with Crippen molar-refractivity contribution in [2.75, 3.05) is 7.11 Å². The van der Waals surface area contributed by atoms with Crippen molar-refractivity contribution in [1.82, 2.24) is 0 Å². The minimum atomic E-state index is -1.43. The summed E-state index contributed by atoms with van der Waals surface area (Å²) in [5, 5.41) is 9.61. The van der Waals surface area contributed by atoms with E-state index < -0.39 is 22.7 Å². The molecule has 0 aliphatic carbocycles. The molecular formula is C16H16N2O3. The smallest absolute Gasteiger partial charge is 0.348 e. The number of nitriles is 1. The maximum atomic E-state index is 12.5. The second kappa shape index (κ2) is 4.15. The molecule has 0 aromatic heterocycles. The van der Waals surface area contributed by atoms with Crippen molar-refractivity contribution >= 4 is 11.7 Å². The number of rotatable bonds is 2. The molecule has 5 nitrogen and oxygen atoms in total. The second-order valence-corrected chi connectivity index (χ2v) is 6.01. The van der Waals surface area contributed by atoms with Crippen molar-refractivity contribution < 1.29 is 14.3 Å². The van der Waals surface area contributed by atoms with Gasteiger partial charge in [0, 0.05) is 6.42 Å². The Hall–Kier alpha value is -2.19. The molecule has 2 heterocycles. The van der Waals surface area contributed by atoms with E-state index in [9.17, 15) is 10.1 Å². The van der Waals surface area contributed by atoms with Crippen LogP contribution >= 0.6 is 0 Å². The summed E-state index contributed by atoms with van der Waals surface area (Å²) in [6.45, 7) is 3.71. The number of esters is 1. The van der Waals surface area contributed by atoms with Gasteiger partial charge in [0.05, 0.1) is 24.5 Å². The summed E-state index contributed by atoms with van der Waals surface area (Å²) in [6.07, 6.45) is 0.363. The van der Waals surface area contributed by atoms with Gasteiger partial charge in [-0.2, -0.15) is 5.26 Å². The van der Waals surface area contributed by atoms with Gasteiger partial charge >= 0.3 is 5.97 Å². The SMILES string of the molecule is COC(=O)[C@@]12OC(C)(C)C[C@]1(C#N)N=C2c1ccccc1. The Morgan fingerprint density at radius 1 is 1.38 bits per heavy atom. The standard InChI is InChI=1S/C16H16N2O3/c1-14(2)9-15(10-17)16(21-14,13(19)20-3)12(18-15)11-7-5-4-6-8-11/h4-8H,9H2,1-3H3/t15-,16-/m1/s1. The Morgan fingerprint density at radius 3 is 2.62 bits per heavy atom. The zero-order valence-corrected chi connectivity index (χ0v) is 12.2. The molecule has 5 heteroatoms. The first-order valence-corrected chi connectivity index (χ1v) is 6.76. The van der Waals surface area contributed by atoms with Crippen LogP contribution in [0.25, 0.3) is 0 Å². The molecule has 0 saturated carbocycles. The molecule has 108 valence electrons. The number of aliphatic imine (C=N–C) groups is 1. The number of carbonyl (C=O) groups is 1. The highest BCUT2D eigenvalue weighted by molar-refractivity contribution is 6.24. The largest absolute Gasteiger partial charge is 0.466 e. The average Bonchev–Trinajstić information content (AvgIpc) is 2.66. The lowest BCUT2D eigenvalue weighted by Crippen LogP contribution is -2.68. The van der Waals surface area contributed by atoms with Crippen LogP contribution in [0.5, 0.6) is 0 Å². The molecule has 21 heavy (non-hydrogen) atoms. The lowest BCUT2D eigenvalue weighted by atomic mass is 9.68. The van der Waals surface area contributed by atoms with Crippen molar-refractivity contribution in [3.05, 3.63) is 35.9 Å². The van der Waals surface area contributed by atoms with Gasteiger partial charge in [-0.05, 0) is 19.4 Å². The van der Waals surface area contributed by atoms with E-state index >= 15 is 0 Å². The molecule has 0 unspecified atom stereocenters. The van der Waals surface area contributed by atoms with Crippen molar-refractivity contribution in [3.8, 4) is 6.07 Å². The van der Waals surface area contributed by atoms with E-state index in [4.69, 9.17) is 9.47 Å². The van der Waals surface area contributed by atoms with Crippen LogP contribution in [0, 0.1) is 11.3 Å². The third-order valence-corrected chi connectivity index (χ3v) is 4.03. The van der Waals surface area contributed by atoms with Crippen molar-refractivity contribution in [2.45, 2.75) is 37.0 Å². The van der Waals surface area contributed by atoms with Crippen LogP contribution in [-0.4, -0.2) is 35.5 Å². The van der Waals surface area contributed by atoms with Gasteiger partial charge in [0.2, 0.25) is 5.60 Å². The van der Waals surface area contributed by atoms with E-state index in [1.807, 2.05) is 44.2 Å². The molecular weight excluding hydrogens is 268 g/mol. The minimum Gasteiger partial charge on any atom is -0.466 e. The predicted octanol–water partition coefficient (Wildman–Crippen LogP) is 1.86. The van der Waals surface area contributed by atoms with Crippen LogP contribution < -0.4 is 0 Å². The molecule has 0 spiro atoms. The van der Waals surface area contributed by atoms with E-state index in [2.05, 4.69) is 11.1 Å². The Labute approximate surface area is 123 Å². The molecule has 0 amide bonds. The highest BCUT2D eigenvalue weighted by atomic mass is 16.6. The monoisotopic (exact) mass is 284 g/mol. The van der Waals surface area contributed by atoms with Crippen molar-refractivity contribution in [3.63, 3.8) is 0 Å². The van der Waals surface area contributed by atoms with Crippen LogP contribution in [0.3, 0.4) is 0 Å². The van der Waals surface area contributed by atoms with Gasteiger partial charge in [-0.25, -0.2) is 4.79 Å². The number of nitrogens with zero attached hydrogens (tertiary/aromatic N) is 2. The van der Waals surface area contributed by atoms with Gasteiger partial charge in [0.15, 0.2) is 5.54 Å². The Balaban J connectivity index is 2.19. The molecule has 0 bridgehead atoms. The third-order valence-electron chi connectivity index (χ3n) is 4.03. The van der Waals surface area contributed by atoms with Crippen molar-refractivity contribution in [2.24, 2.45) is 4.99 Å². The molecule has 1 fully saturated rings. The lowest BCUT2D eigenvalue weighted by molar-refractivity contribution is -0.168. The number of carbonyl (C=O) groups excluding carboxylic acids is 1. The number of methoxy groups -OCH3 is 1. The Bertz CT molecular complexity index is 675. The van der Waals surface area contributed by atoms with E-state index in [-0.39, 0.29) is 0 Å². The number of hydrogen-bond acceptors (Lipinski definition) is 5. The first-order chi connectivity index (χ1) is 9.91. The van der Waals surface area contributed by atoms with Gasteiger partial charge in [-0.3, -0.25) is 4.99 Å². The minimum absolute atomic E-state index is 0.363. The number of ether oxygens (including phenoxy) is 2. The number of fused-ring (bicyclic) bond motifs is 1. The summed E-state index contributed by atoms with van der Waals surface area (Å²) in [6, 6.07) is 11.5. The van der Waals surface area contributed by atoms with Gasteiger partial charge in [-0.1, -0.05) is 30.3 Å². The maximum Gasteiger partial charge on any atom is 0.348 e. The van der Waals surface area contributed by atoms with Crippen LogP contribution in [-0.2, 0) is 14.3 Å². The lowest BCUT2D eigenvalue weighted by Gasteiger charge is -2.44. The zero-order chi connectivity index (χ0) is 15.3. The van der Waals surface area contributed by atoms with Crippen LogP contribution in [0.2, 0.25) is 0 Å². The quantitative estimate of drug-likeness (QED) is 0.777. The fourth-order valence-electron chi connectivity index (χ4n) is 3.31. The van der Waals surface area contributed by atoms with E-state index in [0.717, 1.165) is 5.56 Å². The van der Waals surface area contributed by atoms with Crippen LogP contribution in [0.4, 0.5) is 0 Å². The number of benzene rings is 1. The summed E-state index contributed by atoms with van der Waals surface area (Å²) in [4.78, 5) is 16.9. The first-order valence-electron chi connectivity index (χ1n) is 6.76. The summed E-state index contributed by atoms with van der Waals surface area (Å²) < 4.78 is 11.0. The summed E-state index contributed by atoms with van der Waals surface area (Å²) >= 11 is 0. The summed E-state index contributed by atoms with van der Waals surface area (Å²) in [7, 11) is 1.30. The van der Waals surface area contributed by atoms with Crippen LogP contribution in [0.15, 0.2) is 35.3 Å². The predicted molar refractivity (Wildman–Crippen MR) is 75.9 cm³/mol. The highest BCUT2D eigenvalue weighted by Gasteiger charge is 2.76. The Kier molecular flexibility index (Phi) is 2.72. The Morgan fingerprint density at radius 2 is 2.05 bits per heavy atom. The molecule has 1 aromatic carbocycles. The molecule has 2 aliphatic heterocycles. The molecule has 0 radical (unpaired) electrons.